The van der Waals surface area contributed by atoms with Crippen molar-refractivity contribution >= 4 is 28.3 Å². The Hall–Kier alpha value is -7.03. The van der Waals surface area contributed by atoms with Crippen LogP contribution in [0, 0.1) is 38.5 Å². The number of hydrogen-bond donors (Lipinski definition) is 1. The Kier molecular flexibility index (Phi) is 26.7. The summed E-state index contributed by atoms with van der Waals surface area (Å²) in [5.41, 5.74) is 16.0. The van der Waals surface area contributed by atoms with Crippen molar-refractivity contribution in [1.29, 1.82) is 0 Å². The number of nitrogens with one attached hydrogen (secondary N) is 1. The fourth-order valence-electron chi connectivity index (χ4n) is 7.57. The molecule has 5 nitrogen and oxygen atoms in total. The minimum absolute atomic E-state index is 0. The maximum Gasteiger partial charge on any atom is 2.00 e. The van der Waals surface area contributed by atoms with E-state index in [9.17, 15) is 0 Å². The van der Waals surface area contributed by atoms with Crippen molar-refractivity contribution < 1.29 is 42.1 Å². The molecule has 0 aliphatic carbocycles. The Labute approximate surface area is 471 Å². The number of nitrogens with zero attached hydrogens (tertiary/aromatic N) is 4. The zero-order valence-corrected chi connectivity index (χ0v) is 48.3. The van der Waals surface area contributed by atoms with Crippen LogP contribution in [0.15, 0.2) is 238 Å². The second-order valence-electron chi connectivity index (χ2n) is 16.6. The molecular weight excluding hydrogens is 1260 g/mol. The second kappa shape index (κ2) is 32.2. The number of aromatic nitrogens is 3. The van der Waals surface area contributed by atoms with Crippen LogP contribution in [0.1, 0.15) is 52.7 Å². The van der Waals surface area contributed by atoms with Gasteiger partial charge in [0.25, 0.3) is 0 Å². The van der Waals surface area contributed by atoms with Crippen molar-refractivity contribution in [3.05, 3.63) is 274 Å². The summed E-state index contributed by atoms with van der Waals surface area (Å²) in [5.74, 6) is 0.421. The van der Waals surface area contributed by atoms with E-state index in [4.69, 9.17) is 0 Å². The number of rotatable bonds is 16. The third-order valence-electron chi connectivity index (χ3n) is 11.4. The molecule has 8 aromatic rings. The molecule has 8 rings (SSSR count). The van der Waals surface area contributed by atoms with Crippen molar-refractivity contribution in [2.75, 3.05) is 10.2 Å². The molecule has 380 valence electrons. The molecule has 74 heavy (non-hydrogen) atoms. The van der Waals surface area contributed by atoms with Crippen LogP contribution in [0.25, 0.3) is 50.5 Å². The standard InChI is InChI=1S/C41H31N3.C23H27N2.C2H6.CH3.2Pt/c1-4-11-31(5-2)34-23-25-43-41(29-34)36-15-10-17-39(28-36)44(37-20-18-33(19-21-37)32-12-7-6-8-13-32)38-16-9-14-35(27-38)40-26-30(3)22-24-42-40;1-5-6-10-18(2)19(3)14-15-20(4)25-22-12-9-11-21(17-22)23-13-7-8-16-24-23;1-2;;;/h4-26,29H,1-2H2,3H3;5-16,19-20,25H,1-4H3;1-2H3;1H3;;/q-2;-1;;-1;2*+2/b31-11+;6-5-,15-14-,18-10+;;;;. The molecule has 0 fully saturated rings. The molecule has 2 atom stereocenters. The first-order chi connectivity index (χ1) is 34.7. The predicted molar refractivity (Wildman–Crippen MR) is 310 cm³/mol. The molecule has 5 aromatic carbocycles. The SMILES string of the molecule is C/C=C\C=C(/C)C(C)/C=C\C(C)Nc1[c-]c(-c2ccccn2)ccc1.C=C/C=C(\C=C)c1ccnc(-c2[c-]c(N(c3[c-]c(-c4cc(C)ccn4)ccc3)c3ccc(-c4ccccc4)cc3)ccc2)c1.CC.[CH3-].[Pt+2].[Pt+2]. The first-order valence-corrected chi connectivity index (χ1v) is 24.3. The van der Waals surface area contributed by atoms with Gasteiger partial charge in [0.2, 0.25) is 0 Å². The molecule has 3 heterocycles. The zero-order chi connectivity index (χ0) is 50.4. The van der Waals surface area contributed by atoms with E-state index in [0.29, 0.717) is 5.92 Å². The Morgan fingerprint density at radius 3 is 1.78 bits per heavy atom. The van der Waals surface area contributed by atoms with Crippen LogP contribution in [-0.4, -0.2) is 21.0 Å². The third-order valence-corrected chi connectivity index (χ3v) is 11.4. The Morgan fingerprint density at radius 1 is 0.608 bits per heavy atom. The van der Waals surface area contributed by atoms with Gasteiger partial charge in [0.1, 0.15) is 0 Å². The van der Waals surface area contributed by atoms with Crippen LogP contribution in [0.4, 0.5) is 22.7 Å². The van der Waals surface area contributed by atoms with E-state index in [-0.39, 0.29) is 55.6 Å². The molecule has 3 aromatic heterocycles. The van der Waals surface area contributed by atoms with E-state index < -0.39 is 0 Å². The summed E-state index contributed by atoms with van der Waals surface area (Å²) < 4.78 is 0. The van der Waals surface area contributed by atoms with E-state index in [1.165, 1.54) is 11.1 Å². The minimum Gasteiger partial charge on any atom is -0.395 e. The quantitative estimate of drug-likeness (QED) is 0.0594. The van der Waals surface area contributed by atoms with E-state index in [1.807, 2.05) is 124 Å². The molecule has 0 aliphatic heterocycles. The van der Waals surface area contributed by atoms with E-state index in [1.54, 1.807) is 12.3 Å². The van der Waals surface area contributed by atoms with E-state index in [0.717, 1.165) is 78.8 Å². The van der Waals surface area contributed by atoms with Gasteiger partial charge in [0.15, 0.2) is 0 Å². The first-order valence-electron chi connectivity index (χ1n) is 24.3. The fraction of sp³-hybridized carbons (Fsp3) is 0.134. The van der Waals surface area contributed by atoms with Gasteiger partial charge in [-0.1, -0.05) is 166 Å². The second-order valence-corrected chi connectivity index (χ2v) is 16.6. The predicted octanol–water partition coefficient (Wildman–Crippen LogP) is 18.1. The number of anilines is 4. The van der Waals surface area contributed by atoms with Gasteiger partial charge in [-0.15, -0.1) is 89.5 Å². The molecular formula is C67H67N5Pt2. The van der Waals surface area contributed by atoms with Crippen molar-refractivity contribution in [1.82, 2.24) is 15.0 Å². The van der Waals surface area contributed by atoms with Gasteiger partial charge in [-0.05, 0) is 115 Å². The Bertz CT molecular complexity index is 3080. The summed E-state index contributed by atoms with van der Waals surface area (Å²) in [6, 6.07) is 62.4. The van der Waals surface area contributed by atoms with Gasteiger partial charge < -0.3 is 32.6 Å². The summed E-state index contributed by atoms with van der Waals surface area (Å²) in [6.45, 7) is 22.4. The molecule has 1 N–H and O–H groups in total. The maximum absolute atomic E-state index is 4.69. The molecule has 0 spiro atoms. The monoisotopic (exact) mass is 1330 g/mol. The van der Waals surface area contributed by atoms with E-state index in [2.05, 4.69) is 187 Å². The maximum atomic E-state index is 4.69. The van der Waals surface area contributed by atoms with E-state index >= 15 is 0 Å². The number of pyridine rings is 3. The van der Waals surface area contributed by atoms with Gasteiger partial charge in [-0.2, -0.15) is 0 Å². The molecule has 2 unspecified atom stereocenters. The van der Waals surface area contributed by atoms with Crippen LogP contribution >= 0.6 is 0 Å². The molecule has 0 radical (unpaired) electrons. The van der Waals surface area contributed by atoms with Crippen molar-refractivity contribution in [3.63, 3.8) is 0 Å². The molecule has 0 aliphatic rings. The minimum atomic E-state index is 0. The first kappa shape index (κ1) is 61.3. The molecule has 0 saturated carbocycles. The summed E-state index contributed by atoms with van der Waals surface area (Å²) in [7, 11) is 0. The average molecular weight is 1330 g/mol. The number of allylic oxidation sites excluding steroid dienone is 9. The zero-order valence-electron chi connectivity index (χ0n) is 43.8. The van der Waals surface area contributed by atoms with Gasteiger partial charge in [-0.25, -0.2) is 0 Å². The summed E-state index contributed by atoms with van der Waals surface area (Å²) in [5, 5.41) is 3.49. The van der Waals surface area contributed by atoms with Gasteiger partial charge in [0.05, 0.1) is 0 Å². The topological polar surface area (TPSA) is 53.9 Å². The van der Waals surface area contributed by atoms with Crippen LogP contribution in [-0.2, 0) is 42.1 Å². The normalized spacial score (nSPS) is 11.7. The number of aryl methyl sites for hydroxylation is 1. The third kappa shape index (κ3) is 17.6. The van der Waals surface area contributed by atoms with Crippen LogP contribution < -0.4 is 10.2 Å². The number of benzene rings is 5. The Balaban J connectivity index is 0.000000414. The Morgan fingerprint density at radius 2 is 1.19 bits per heavy atom. The molecule has 7 heteroatoms. The van der Waals surface area contributed by atoms with Crippen molar-refractivity contribution in [2.45, 2.75) is 54.5 Å². The molecule has 0 amide bonds. The van der Waals surface area contributed by atoms with Gasteiger partial charge in [-0.3, -0.25) is 0 Å². The smallest absolute Gasteiger partial charge is 0.395 e. The summed E-state index contributed by atoms with van der Waals surface area (Å²) in [4.78, 5) is 15.9. The molecule has 0 bridgehead atoms. The van der Waals surface area contributed by atoms with Crippen LogP contribution in [0.5, 0.6) is 0 Å². The summed E-state index contributed by atoms with van der Waals surface area (Å²) >= 11 is 0. The van der Waals surface area contributed by atoms with Crippen LogP contribution in [0.3, 0.4) is 0 Å². The van der Waals surface area contributed by atoms with Crippen LogP contribution in [0.2, 0.25) is 0 Å². The van der Waals surface area contributed by atoms with Gasteiger partial charge in [0, 0.05) is 30.3 Å². The molecule has 0 saturated heterocycles. The average Bonchev–Trinajstić information content (AvgIpc) is 3.43. The largest absolute Gasteiger partial charge is 2.00 e. The fourth-order valence-corrected chi connectivity index (χ4v) is 7.57. The number of hydrogen-bond acceptors (Lipinski definition) is 5. The summed E-state index contributed by atoms with van der Waals surface area (Å²) in [6.07, 6.45) is 21.7. The van der Waals surface area contributed by atoms with Crippen molar-refractivity contribution in [2.24, 2.45) is 5.92 Å². The van der Waals surface area contributed by atoms with Crippen molar-refractivity contribution in [3.8, 4) is 44.9 Å². The van der Waals surface area contributed by atoms with Gasteiger partial charge >= 0.3 is 42.1 Å².